The lowest BCUT2D eigenvalue weighted by molar-refractivity contribution is -0.141. The highest BCUT2D eigenvalue weighted by molar-refractivity contribution is 5.98. The molecule has 2 aliphatic heterocycles. The van der Waals surface area contributed by atoms with Crippen LogP contribution in [0.15, 0.2) is 54.6 Å². The highest BCUT2D eigenvalue weighted by Crippen LogP contribution is 2.23. The van der Waals surface area contributed by atoms with Gasteiger partial charge in [0, 0.05) is 43.3 Å². The number of aryl methyl sites for hydroxylation is 1. The average molecular weight is 405 g/mol. The molecule has 0 aliphatic carbocycles. The van der Waals surface area contributed by atoms with E-state index in [1.54, 1.807) is 9.80 Å². The van der Waals surface area contributed by atoms with E-state index in [4.69, 9.17) is 0 Å². The van der Waals surface area contributed by atoms with E-state index in [0.29, 0.717) is 44.6 Å². The largest absolute Gasteiger partial charge is 0.339 e. The van der Waals surface area contributed by atoms with Crippen LogP contribution < -0.4 is 4.90 Å². The number of piperidine rings is 1. The van der Waals surface area contributed by atoms with Crippen molar-refractivity contribution in [3.8, 4) is 0 Å². The quantitative estimate of drug-likeness (QED) is 0.789. The highest BCUT2D eigenvalue weighted by atomic mass is 16.2. The summed E-state index contributed by atoms with van der Waals surface area (Å²) in [5.41, 5.74) is 2.68. The van der Waals surface area contributed by atoms with Gasteiger partial charge in [0.05, 0.1) is 0 Å². The van der Waals surface area contributed by atoms with Gasteiger partial charge in [-0.1, -0.05) is 35.9 Å². The Hall–Kier alpha value is -3.15. The molecule has 6 heteroatoms. The fraction of sp³-hybridized carbons (Fsp3) is 0.375. The second-order valence-electron chi connectivity index (χ2n) is 8.07. The second-order valence-corrected chi connectivity index (χ2v) is 8.07. The van der Waals surface area contributed by atoms with E-state index in [-0.39, 0.29) is 30.2 Å². The van der Waals surface area contributed by atoms with E-state index < -0.39 is 0 Å². The van der Waals surface area contributed by atoms with Gasteiger partial charge in [0.25, 0.3) is 5.91 Å². The average Bonchev–Trinajstić information content (AvgIpc) is 2.79. The zero-order chi connectivity index (χ0) is 21.1. The Morgan fingerprint density at radius 1 is 0.833 bits per heavy atom. The maximum absolute atomic E-state index is 13.0. The fourth-order valence-electron chi connectivity index (χ4n) is 4.21. The van der Waals surface area contributed by atoms with Crippen LogP contribution in [0.25, 0.3) is 0 Å². The third-order valence-electron chi connectivity index (χ3n) is 6.03. The van der Waals surface area contributed by atoms with Crippen LogP contribution in [-0.2, 0) is 9.59 Å². The molecule has 0 atom stereocenters. The van der Waals surface area contributed by atoms with Gasteiger partial charge in [0.15, 0.2) is 0 Å². The standard InChI is InChI=1S/C24H27N3O3/c1-18-7-9-19(10-8-18)23(29)25-13-11-20(12-14-25)24(30)26-15-16-27(22(28)17-26)21-5-3-2-4-6-21/h2-10,20H,11-17H2,1H3. The predicted molar refractivity (Wildman–Crippen MR) is 115 cm³/mol. The molecule has 2 aromatic carbocycles. The molecule has 2 aliphatic rings. The maximum atomic E-state index is 13.0. The molecule has 0 spiro atoms. The molecule has 4 rings (SSSR count). The molecule has 0 aromatic heterocycles. The Kier molecular flexibility index (Phi) is 5.84. The molecule has 6 nitrogen and oxygen atoms in total. The van der Waals surface area contributed by atoms with Gasteiger partial charge in [0.2, 0.25) is 11.8 Å². The smallest absolute Gasteiger partial charge is 0.253 e. The zero-order valence-corrected chi connectivity index (χ0v) is 17.3. The van der Waals surface area contributed by atoms with Gasteiger partial charge in [-0.15, -0.1) is 0 Å². The van der Waals surface area contributed by atoms with Crippen LogP contribution in [0.1, 0.15) is 28.8 Å². The Bertz CT molecular complexity index is 918. The number of hydrogen-bond acceptors (Lipinski definition) is 3. The topological polar surface area (TPSA) is 60.9 Å². The van der Waals surface area contributed by atoms with Crippen molar-refractivity contribution < 1.29 is 14.4 Å². The molecule has 0 bridgehead atoms. The zero-order valence-electron chi connectivity index (χ0n) is 17.3. The number of carbonyl (C=O) groups excluding carboxylic acids is 3. The molecule has 0 saturated carbocycles. The summed E-state index contributed by atoms with van der Waals surface area (Å²) >= 11 is 0. The number of likely N-dealkylation sites (tertiary alicyclic amines) is 1. The number of para-hydroxylation sites is 1. The van der Waals surface area contributed by atoms with Gasteiger partial charge in [-0.2, -0.15) is 0 Å². The number of amides is 3. The van der Waals surface area contributed by atoms with E-state index >= 15 is 0 Å². The summed E-state index contributed by atoms with van der Waals surface area (Å²) in [6.45, 7) is 4.31. The van der Waals surface area contributed by atoms with Crippen molar-refractivity contribution in [3.05, 3.63) is 65.7 Å². The molecule has 0 N–H and O–H groups in total. The third kappa shape index (κ3) is 4.22. The molecule has 156 valence electrons. The number of rotatable bonds is 3. The van der Waals surface area contributed by atoms with Crippen molar-refractivity contribution in [3.63, 3.8) is 0 Å². The van der Waals surface area contributed by atoms with Crippen LogP contribution >= 0.6 is 0 Å². The molecule has 30 heavy (non-hydrogen) atoms. The van der Waals surface area contributed by atoms with Crippen LogP contribution in [0.2, 0.25) is 0 Å². The molecule has 2 fully saturated rings. The number of benzene rings is 2. The van der Waals surface area contributed by atoms with Crippen LogP contribution in [-0.4, -0.2) is 60.2 Å². The monoisotopic (exact) mass is 405 g/mol. The summed E-state index contributed by atoms with van der Waals surface area (Å²) in [6, 6.07) is 17.2. The SMILES string of the molecule is Cc1ccc(C(=O)N2CCC(C(=O)N3CCN(c4ccccc4)C(=O)C3)CC2)cc1. The normalized spacial score (nSPS) is 17.9. The number of nitrogens with zero attached hydrogens (tertiary/aromatic N) is 3. The first-order valence-electron chi connectivity index (χ1n) is 10.5. The second kappa shape index (κ2) is 8.69. The first-order chi connectivity index (χ1) is 14.5. The fourth-order valence-corrected chi connectivity index (χ4v) is 4.21. The van der Waals surface area contributed by atoms with Crippen molar-refractivity contribution in [1.29, 1.82) is 0 Å². The molecule has 0 radical (unpaired) electrons. The Morgan fingerprint density at radius 3 is 2.13 bits per heavy atom. The summed E-state index contributed by atoms with van der Waals surface area (Å²) in [6.07, 6.45) is 1.28. The molecular formula is C24H27N3O3. The summed E-state index contributed by atoms with van der Waals surface area (Å²) in [5.74, 6) is -0.109. The highest BCUT2D eigenvalue weighted by Gasteiger charge is 2.34. The van der Waals surface area contributed by atoms with E-state index in [0.717, 1.165) is 11.3 Å². The Labute approximate surface area is 177 Å². The first kappa shape index (κ1) is 20.1. The minimum absolute atomic E-state index is 0.0209. The molecular weight excluding hydrogens is 378 g/mol. The first-order valence-corrected chi connectivity index (χ1v) is 10.5. The van der Waals surface area contributed by atoms with Crippen molar-refractivity contribution in [2.75, 3.05) is 37.6 Å². The van der Waals surface area contributed by atoms with Gasteiger partial charge < -0.3 is 14.7 Å². The molecule has 2 saturated heterocycles. The third-order valence-corrected chi connectivity index (χ3v) is 6.03. The Balaban J connectivity index is 1.31. The number of carbonyl (C=O) groups is 3. The Morgan fingerprint density at radius 2 is 1.50 bits per heavy atom. The maximum Gasteiger partial charge on any atom is 0.253 e. The molecule has 2 heterocycles. The van der Waals surface area contributed by atoms with Gasteiger partial charge in [-0.05, 0) is 44.0 Å². The minimum Gasteiger partial charge on any atom is -0.339 e. The number of anilines is 1. The van der Waals surface area contributed by atoms with E-state index in [2.05, 4.69) is 0 Å². The molecule has 3 amide bonds. The predicted octanol–water partition coefficient (Wildman–Crippen LogP) is 2.72. The summed E-state index contributed by atoms with van der Waals surface area (Å²) in [5, 5.41) is 0. The van der Waals surface area contributed by atoms with Crippen molar-refractivity contribution in [2.24, 2.45) is 5.92 Å². The van der Waals surface area contributed by atoms with E-state index in [1.807, 2.05) is 66.4 Å². The lowest BCUT2D eigenvalue weighted by Crippen LogP contribution is -2.54. The summed E-state index contributed by atoms with van der Waals surface area (Å²) in [4.78, 5) is 43.5. The lowest BCUT2D eigenvalue weighted by Gasteiger charge is -2.38. The van der Waals surface area contributed by atoms with Crippen molar-refractivity contribution in [2.45, 2.75) is 19.8 Å². The van der Waals surface area contributed by atoms with E-state index in [9.17, 15) is 14.4 Å². The molecule has 0 unspecified atom stereocenters. The lowest BCUT2D eigenvalue weighted by atomic mass is 9.94. The van der Waals surface area contributed by atoms with Crippen molar-refractivity contribution in [1.82, 2.24) is 9.80 Å². The van der Waals surface area contributed by atoms with Crippen LogP contribution in [0.3, 0.4) is 0 Å². The van der Waals surface area contributed by atoms with Gasteiger partial charge in [0.1, 0.15) is 6.54 Å². The number of piperazine rings is 1. The van der Waals surface area contributed by atoms with Crippen LogP contribution in [0.4, 0.5) is 5.69 Å². The van der Waals surface area contributed by atoms with Crippen LogP contribution in [0, 0.1) is 12.8 Å². The van der Waals surface area contributed by atoms with Gasteiger partial charge in [-0.25, -0.2) is 0 Å². The summed E-state index contributed by atoms with van der Waals surface area (Å²) < 4.78 is 0. The van der Waals surface area contributed by atoms with E-state index in [1.165, 1.54) is 0 Å². The van der Waals surface area contributed by atoms with Gasteiger partial charge >= 0.3 is 0 Å². The molecule has 2 aromatic rings. The van der Waals surface area contributed by atoms with Crippen LogP contribution in [0.5, 0.6) is 0 Å². The van der Waals surface area contributed by atoms with Gasteiger partial charge in [-0.3, -0.25) is 14.4 Å². The van der Waals surface area contributed by atoms with Crippen molar-refractivity contribution >= 4 is 23.4 Å². The number of hydrogen-bond donors (Lipinski definition) is 0. The summed E-state index contributed by atoms with van der Waals surface area (Å²) in [7, 11) is 0. The minimum atomic E-state index is -0.122.